The number of benzene rings is 2. The van der Waals surface area contributed by atoms with E-state index in [2.05, 4.69) is 9.88 Å². The molecule has 1 heterocycles. The predicted molar refractivity (Wildman–Crippen MR) is 101 cm³/mol. The molecule has 0 atom stereocenters. The van der Waals surface area contributed by atoms with Gasteiger partial charge in [-0.3, -0.25) is 4.79 Å². The van der Waals surface area contributed by atoms with E-state index < -0.39 is 0 Å². The average molecular weight is 349 g/mol. The first kappa shape index (κ1) is 16.8. The van der Waals surface area contributed by atoms with Crippen LogP contribution in [-0.2, 0) is 24.4 Å². The molecule has 0 unspecified atom stereocenters. The van der Waals surface area contributed by atoms with Crippen molar-refractivity contribution < 1.29 is 9.90 Å². The van der Waals surface area contributed by atoms with Crippen LogP contribution in [0.2, 0.25) is 0 Å². The molecule has 134 valence electrons. The standard InChI is InChI=1S/C21H23N3O2/c25-14-16-7-5-15(6-8-16)11-12-22-20(26)13-24-19-4-2-1-3-18(19)23-21(24)17-9-10-17/h1-8,17,25H,9-14H2,(H,22,26). The summed E-state index contributed by atoms with van der Waals surface area (Å²) in [5.41, 5.74) is 4.04. The minimum atomic E-state index is 0.0158. The van der Waals surface area contributed by atoms with Crippen molar-refractivity contribution >= 4 is 16.9 Å². The third kappa shape index (κ3) is 3.63. The quantitative estimate of drug-likeness (QED) is 0.689. The molecule has 2 aromatic carbocycles. The Kier molecular flexibility index (Phi) is 4.71. The minimum Gasteiger partial charge on any atom is -0.392 e. The van der Waals surface area contributed by atoms with Crippen LogP contribution < -0.4 is 5.32 Å². The van der Waals surface area contributed by atoms with Crippen molar-refractivity contribution in [2.75, 3.05) is 6.54 Å². The number of rotatable bonds is 7. The van der Waals surface area contributed by atoms with Crippen molar-refractivity contribution in [3.63, 3.8) is 0 Å². The van der Waals surface area contributed by atoms with E-state index in [1.165, 1.54) is 0 Å². The van der Waals surface area contributed by atoms with Crippen molar-refractivity contribution in [3.05, 3.63) is 65.5 Å². The van der Waals surface area contributed by atoms with E-state index >= 15 is 0 Å². The summed E-state index contributed by atoms with van der Waals surface area (Å²) in [6, 6.07) is 15.8. The number of carbonyl (C=O) groups excluding carboxylic acids is 1. The highest BCUT2D eigenvalue weighted by Crippen LogP contribution is 2.40. The summed E-state index contributed by atoms with van der Waals surface area (Å²) in [6.07, 6.45) is 3.10. The maximum atomic E-state index is 12.4. The fraction of sp³-hybridized carbons (Fsp3) is 0.333. The molecule has 1 amide bonds. The Hall–Kier alpha value is -2.66. The summed E-state index contributed by atoms with van der Waals surface area (Å²) in [7, 11) is 0. The average Bonchev–Trinajstić information content (AvgIpc) is 3.45. The van der Waals surface area contributed by atoms with Crippen LogP contribution in [0, 0.1) is 0 Å². The van der Waals surface area contributed by atoms with Gasteiger partial charge in [-0.1, -0.05) is 36.4 Å². The summed E-state index contributed by atoms with van der Waals surface area (Å²) in [4.78, 5) is 17.2. The fourth-order valence-electron chi connectivity index (χ4n) is 3.27. The molecule has 4 rings (SSSR count). The largest absolute Gasteiger partial charge is 0.392 e. The van der Waals surface area contributed by atoms with Crippen LogP contribution in [0.5, 0.6) is 0 Å². The number of carbonyl (C=O) groups is 1. The van der Waals surface area contributed by atoms with Crippen LogP contribution in [0.25, 0.3) is 11.0 Å². The lowest BCUT2D eigenvalue weighted by Gasteiger charge is -2.10. The van der Waals surface area contributed by atoms with Gasteiger partial charge in [0.1, 0.15) is 12.4 Å². The smallest absolute Gasteiger partial charge is 0.240 e. The van der Waals surface area contributed by atoms with Crippen molar-refractivity contribution in [2.45, 2.75) is 38.3 Å². The molecule has 1 aromatic heterocycles. The highest BCUT2D eigenvalue weighted by Gasteiger charge is 2.30. The number of nitrogens with zero attached hydrogens (tertiary/aromatic N) is 2. The monoisotopic (exact) mass is 349 g/mol. The zero-order valence-corrected chi connectivity index (χ0v) is 14.7. The number of aromatic nitrogens is 2. The topological polar surface area (TPSA) is 67.2 Å². The van der Waals surface area contributed by atoms with Gasteiger partial charge in [0, 0.05) is 12.5 Å². The molecule has 1 aliphatic carbocycles. The van der Waals surface area contributed by atoms with E-state index in [1.807, 2.05) is 48.5 Å². The van der Waals surface area contributed by atoms with Gasteiger partial charge in [0.25, 0.3) is 0 Å². The van der Waals surface area contributed by atoms with E-state index in [4.69, 9.17) is 10.1 Å². The molecule has 5 nitrogen and oxygen atoms in total. The Bertz CT molecular complexity index is 911. The molecule has 0 saturated heterocycles. The lowest BCUT2D eigenvalue weighted by molar-refractivity contribution is -0.121. The summed E-state index contributed by atoms with van der Waals surface area (Å²) in [5.74, 6) is 1.56. The van der Waals surface area contributed by atoms with Crippen molar-refractivity contribution in [2.24, 2.45) is 0 Å². The first-order valence-electron chi connectivity index (χ1n) is 9.15. The third-order valence-corrected chi connectivity index (χ3v) is 4.87. The van der Waals surface area contributed by atoms with E-state index in [-0.39, 0.29) is 12.5 Å². The summed E-state index contributed by atoms with van der Waals surface area (Å²) in [6.45, 7) is 0.970. The van der Waals surface area contributed by atoms with E-state index in [1.54, 1.807) is 0 Å². The second-order valence-corrected chi connectivity index (χ2v) is 6.89. The predicted octanol–water partition coefficient (Wildman–Crippen LogP) is 2.76. The van der Waals surface area contributed by atoms with Crippen LogP contribution in [0.4, 0.5) is 0 Å². The number of nitrogens with one attached hydrogen (secondary N) is 1. The molecular weight excluding hydrogens is 326 g/mol. The first-order valence-corrected chi connectivity index (χ1v) is 9.15. The Morgan fingerprint density at radius 3 is 2.58 bits per heavy atom. The van der Waals surface area contributed by atoms with Gasteiger partial charge in [-0.2, -0.15) is 0 Å². The van der Waals surface area contributed by atoms with Gasteiger partial charge in [-0.25, -0.2) is 4.98 Å². The number of imidazole rings is 1. The van der Waals surface area contributed by atoms with Gasteiger partial charge in [0.2, 0.25) is 5.91 Å². The molecule has 5 heteroatoms. The van der Waals surface area contributed by atoms with E-state index in [0.717, 1.165) is 47.2 Å². The van der Waals surface area contributed by atoms with Gasteiger partial charge >= 0.3 is 0 Å². The molecule has 1 fully saturated rings. The zero-order valence-electron chi connectivity index (χ0n) is 14.7. The number of aliphatic hydroxyl groups excluding tert-OH is 1. The van der Waals surface area contributed by atoms with Gasteiger partial charge in [-0.15, -0.1) is 0 Å². The molecule has 1 saturated carbocycles. The van der Waals surface area contributed by atoms with Gasteiger partial charge < -0.3 is 15.0 Å². The minimum absolute atomic E-state index is 0.0158. The van der Waals surface area contributed by atoms with Crippen molar-refractivity contribution in [3.8, 4) is 0 Å². The molecule has 0 aliphatic heterocycles. The zero-order chi connectivity index (χ0) is 17.9. The van der Waals surface area contributed by atoms with Gasteiger partial charge in [0.05, 0.1) is 17.6 Å². The molecule has 26 heavy (non-hydrogen) atoms. The highest BCUT2D eigenvalue weighted by molar-refractivity contribution is 5.81. The molecule has 3 aromatic rings. The van der Waals surface area contributed by atoms with E-state index in [9.17, 15) is 4.79 Å². The summed E-state index contributed by atoms with van der Waals surface area (Å²) in [5, 5.41) is 12.1. The number of amides is 1. The van der Waals surface area contributed by atoms with E-state index in [0.29, 0.717) is 19.0 Å². The van der Waals surface area contributed by atoms with Crippen molar-refractivity contribution in [1.82, 2.24) is 14.9 Å². The Morgan fingerprint density at radius 2 is 1.85 bits per heavy atom. The van der Waals surface area contributed by atoms with Gasteiger partial charge in [0.15, 0.2) is 0 Å². The number of hydrogen-bond donors (Lipinski definition) is 2. The number of para-hydroxylation sites is 2. The van der Waals surface area contributed by atoms with Gasteiger partial charge in [-0.05, 0) is 42.5 Å². The molecule has 0 bridgehead atoms. The van der Waals surface area contributed by atoms with Crippen LogP contribution in [0.1, 0.15) is 35.7 Å². The molecule has 1 aliphatic rings. The lowest BCUT2D eigenvalue weighted by atomic mass is 10.1. The maximum Gasteiger partial charge on any atom is 0.240 e. The van der Waals surface area contributed by atoms with Crippen LogP contribution in [0.3, 0.4) is 0 Å². The number of aliphatic hydroxyl groups is 1. The summed E-state index contributed by atoms with van der Waals surface area (Å²) < 4.78 is 2.07. The van der Waals surface area contributed by atoms with Crippen LogP contribution in [0.15, 0.2) is 48.5 Å². The van der Waals surface area contributed by atoms with Crippen LogP contribution >= 0.6 is 0 Å². The Labute approximate surface area is 152 Å². The van der Waals surface area contributed by atoms with Crippen molar-refractivity contribution in [1.29, 1.82) is 0 Å². The first-order chi connectivity index (χ1) is 12.7. The second-order valence-electron chi connectivity index (χ2n) is 6.89. The molecule has 0 radical (unpaired) electrons. The molecular formula is C21H23N3O2. The third-order valence-electron chi connectivity index (χ3n) is 4.87. The Morgan fingerprint density at radius 1 is 1.12 bits per heavy atom. The maximum absolute atomic E-state index is 12.4. The normalized spacial score (nSPS) is 13.9. The number of hydrogen-bond acceptors (Lipinski definition) is 3. The fourth-order valence-corrected chi connectivity index (χ4v) is 3.27. The van der Waals surface area contributed by atoms with Crippen LogP contribution in [-0.4, -0.2) is 27.1 Å². The number of fused-ring (bicyclic) bond motifs is 1. The lowest BCUT2D eigenvalue weighted by Crippen LogP contribution is -2.29. The molecule has 0 spiro atoms. The highest BCUT2D eigenvalue weighted by atomic mass is 16.3. The summed E-state index contributed by atoms with van der Waals surface area (Å²) >= 11 is 0. The molecule has 2 N–H and O–H groups in total. The second kappa shape index (κ2) is 7.30. The SMILES string of the molecule is O=C(Cn1c(C2CC2)nc2ccccc21)NCCc1ccc(CO)cc1. The Balaban J connectivity index is 1.38.